The molecule has 2 aromatic rings. The van der Waals surface area contributed by atoms with E-state index in [0.29, 0.717) is 11.2 Å². The molecule has 0 N–H and O–H groups in total. The molecule has 4 heteroatoms. The summed E-state index contributed by atoms with van der Waals surface area (Å²) in [5, 5.41) is 0.584. The zero-order chi connectivity index (χ0) is 12.7. The maximum atomic E-state index is 13.0. The van der Waals surface area contributed by atoms with Crippen molar-refractivity contribution in [2.45, 2.75) is 32.2 Å². The average molecular weight is 265 g/mol. The maximum absolute atomic E-state index is 13.0. The van der Waals surface area contributed by atoms with E-state index in [1.165, 1.54) is 12.1 Å². The molecule has 0 fully saturated rings. The minimum Gasteiger partial charge on any atom is -0.324 e. The first-order valence-electron chi connectivity index (χ1n) is 6.19. The second kappa shape index (κ2) is 4.39. The summed E-state index contributed by atoms with van der Waals surface area (Å²) in [5.74, 6) is 0.616. The van der Waals surface area contributed by atoms with Crippen molar-refractivity contribution in [1.29, 1.82) is 0 Å². The van der Waals surface area contributed by atoms with Gasteiger partial charge in [-0.05, 0) is 50.5 Å². The van der Waals surface area contributed by atoms with E-state index in [-0.39, 0.29) is 5.82 Å². The lowest BCUT2D eigenvalue weighted by molar-refractivity contribution is 0.436. The number of aromatic nitrogens is 2. The van der Waals surface area contributed by atoms with Crippen LogP contribution >= 0.6 is 11.6 Å². The van der Waals surface area contributed by atoms with Crippen LogP contribution in [0.5, 0.6) is 0 Å². The normalized spacial score (nSPS) is 18.7. The summed E-state index contributed by atoms with van der Waals surface area (Å²) in [5.41, 5.74) is 2.02. The van der Waals surface area contributed by atoms with Crippen LogP contribution in [0.25, 0.3) is 11.4 Å². The lowest BCUT2D eigenvalue weighted by Gasteiger charge is -2.24. The van der Waals surface area contributed by atoms with Crippen molar-refractivity contribution in [2.24, 2.45) is 0 Å². The first kappa shape index (κ1) is 11.7. The van der Waals surface area contributed by atoms with Crippen LogP contribution in [0.2, 0.25) is 5.15 Å². The third kappa shape index (κ3) is 1.83. The van der Waals surface area contributed by atoms with Gasteiger partial charge in [-0.15, -0.1) is 0 Å². The summed E-state index contributed by atoms with van der Waals surface area (Å²) >= 11 is 6.20. The Bertz CT molecular complexity index is 574. The molecule has 3 rings (SSSR count). The van der Waals surface area contributed by atoms with Crippen LogP contribution < -0.4 is 0 Å². The van der Waals surface area contributed by atoms with E-state index in [2.05, 4.69) is 16.5 Å². The van der Waals surface area contributed by atoms with Crippen molar-refractivity contribution >= 4 is 11.6 Å². The van der Waals surface area contributed by atoms with Crippen molar-refractivity contribution in [3.63, 3.8) is 0 Å². The number of hydrogen-bond donors (Lipinski definition) is 0. The molecule has 1 unspecified atom stereocenters. The Hall–Kier alpha value is -1.35. The standard InChI is InChI=1S/C14H14ClFN2/c1-9-3-2-4-12-13(15)17-14(18(9)12)10-5-7-11(16)8-6-10/h5-9H,2-4H2,1H3. The minimum atomic E-state index is -0.233. The minimum absolute atomic E-state index is 0.233. The number of rotatable bonds is 1. The van der Waals surface area contributed by atoms with Gasteiger partial charge in [0.1, 0.15) is 11.6 Å². The summed E-state index contributed by atoms with van der Waals surface area (Å²) < 4.78 is 15.2. The molecular formula is C14H14ClFN2. The summed E-state index contributed by atoms with van der Waals surface area (Å²) in [7, 11) is 0. The van der Waals surface area contributed by atoms with Gasteiger partial charge in [0.05, 0.1) is 5.69 Å². The Balaban J connectivity index is 2.15. The van der Waals surface area contributed by atoms with Gasteiger partial charge in [0, 0.05) is 11.6 Å². The Morgan fingerprint density at radius 2 is 2.06 bits per heavy atom. The quantitative estimate of drug-likeness (QED) is 0.753. The monoisotopic (exact) mass is 264 g/mol. The first-order chi connectivity index (χ1) is 8.66. The van der Waals surface area contributed by atoms with Gasteiger partial charge in [0.2, 0.25) is 0 Å². The Kier molecular flexibility index (Phi) is 2.86. The molecule has 1 aromatic heterocycles. The highest BCUT2D eigenvalue weighted by Crippen LogP contribution is 2.35. The van der Waals surface area contributed by atoms with Crippen molar-refractivity contribution in [3.05, 3.63) is 40.9 Å². The van der Waals surface area contributed by atoms with Crippen molar-refractivity contribution in [3.8, 4) is 11.4 Å². The molecule has 1 aliphatic rings. The van der Waals surface area contributed by atoms with Crippen LogP contribution in [-0.2, 0) is 6.42 Å². The molecular weight excluding hydrogens is 251 g/mol. The molecule has 0 saturated heterocycles. The highest BCUT2D eigenvalue weighted by molar-refractivity contribution is 6.30. The lowest BCUT2D eigenvalue weighted by atomic mass is 10.0. The lowest BCUT2D eigenvalue weighted by Crippen LogP contribution is -2.15. The van der Waals surface area contributed by atoms with E-state index >= 15 is 0 Å². The van der Waals surface area contributed by atoms with E-state index in [1.807, 2.05) is 0 Å². The second-order valence-electron chi connectivity index (χ2n) is 4.79. The number of hydrogen-bond acceptors (Lipinski definition) is 1. The molecule has 2 nitrogen and oxygen atoms in total. The summed E-state index contributed by atoms with van der Waals surface area (Å²) in [4.78, 5) is 4.45. The number of nitrogens with zero attached hydrogens (tertiary/aromatic N) is 2. The van der Waals surface area contributed by atoms with E-state index in [1.54, 1.807) is 12.1 Å². The van der Waals surface area contributed by atoms with Gasteiger partial charge in [-0.3, -0.25) is 0 Å². The SMILES string of the molecule is CC1CCCc2c(Cl)nc(-c3ccc(F)cc3)n21. The smallest absolute Gasteiger partial charge is 0.150 e. The molecule has 0 bridgehead atoms. The van der Waals surface area contributed by atoms with E-state index < -0.39 is 0 Å². The van der Waals surface area contributed by atoms with Crippen molar-refractivity contribution in [1.82, 2.24) is 9.55 Å². The third-order valence-corrected chi connectivity index (χ3v) is 3.84. The zero-order valence-electron chi connectivity index (χ0n) is 10.2. The second-order valence-corrected chi connectivity index (χ2v) is 5.15. The predicted octanol–water partition coefficient (Wildman–Crippen LogP) is 4.24. The van der Waals surface area contributed by atoms with E-state index in [4.69, 9.17) is 11.6 Å². The fraction of sp³-hybridized carbons (Fsp3) is 0.357. The Labute approximate surface area is 110 Å². The number of benzene rings is 1. The molecule has 1 aliphatic heterocycles. The van der Waals surface area contributed by atoms with Crippen molar-refractivity contribution < 1.29 is 4.39 Å². The van der Waals surface area contributed by atoms with Gasteiger partial charge in [-0.2, -0.15) is 0 Å². The fourth-order valence-corrected chi connectivity index (χ4v) is 2.90. The summed E-state index contributed by atoms with van der Waals surface area (Å²) in [6.45, 7) is 2.17. The first-order valence-corrected chi connectivity index (χ1v) is 6.57. The molecule has 0 aliphatic carbocycles. The molecule has 0 spiro atoms. The van der Waals surface area contributed by atoms with Crippen molar-refractivity contribution in [2.75, 3.05) is 0 Å². The summed E-state index contributed by atoms with van der Waals surface area (Å²) in [6, 6.07) is 6.82. The largest absolute Gasteiger partial charge is 0.324 e. The van der Waals surface area contributed by atoms with Gasteiger partial charge < -0.3 is 4.57 Å². The average Bonchev–Trinajstić information content (AvgIpc) is 2.70. The Morgan fingerprint density at radius 1 is 1.33 bits per heavy atom. The molecule has 1 aromatic carbocycles. The van der Waals surface area contributed by atoms with Crippen LogP contribution in [-0.4, -0.2) is 9.55 Å². The highest BCUT2D eigenvalue weighted by Gasteiger charge is 2.24. The third-order valence-electron chi connectivity index (χ3n) is 3.54. The fourth-order valence-electron chi connectivity index (χ4n) is 2.63. The zero-order valence-corrected chi connectivity index (χ0v) is 10.9. The van der Waals surface area contributed by atoms with Gasteiger partial charge in [0.15, 0.2) is 5.15 Å². The van der Waals surface area contributed by atoms with Crippen LogP contribution in [0.15, 0.2) is 24.3 Å². The van der Waals surface area contributed by atoms with E-state index in [0.717, 1.165) is 36.3 Å². The van der Waals surface area contributed by atoms with Crippen LogP contribution in [0.3, 0.4) is 0 Å². The molecule has 0 saturated carbocycles. The molecule has 1 atom stereocenters. The topological polar surface area (TPSA) is 17.8 Å². The molecule has 2 heterocycles. The maximum Gasteiger partial charge on any atom is 0.150 e. The number of fused-ring (bicyclic) bond motifs is 1. The van der Waals surface area contributed by atoms with Crippen LogP contribution in [0.4, 0.5) is 4.39 Å². The molecule has 0 radical (unpaired) electrons. The summed E-state index contributed by atoms with van der Waals surface area (Å²) in [6.07, 6.45) is 3.25. The molecule has 94 valence electrons. The number of imidazole rings is 1. The van der Waals surface area contributed by atoms with Gasteiger partial charge >= 0.3 is 0 Å². The molecule has 18 heavy (non-hydrogen) atoms. The Morgan fingerprint density at radius 3 is 2.78 bits per heavy atom. The molecule has 0 amide bonds. The van der Waals surface area contributed by atoms with Gasteiger partial charge in [0.25, 0.3) is 0 Å². The van der Waals surface area contributed by atoms with E-state index in [9.17, 15) is 4.39 Å². The van der Waals surface area contributed by atoms with Gasteiger partial charge in [-0.25, -0.2) is 9.37 Å². The van der Waals surface area contributed by atoms with Crippen LogP contribution in [0, 0.1) is 5.82 Å². The predicted molar refractivity (Wildman–Crippen MR) is 70.3 cm³/mol. The highest BCUT2D eigenvalue weighted by atomic mass is 35.5. The van der Waals surface area contributed by atoms with Crippen LogP contribution in [0.1, 0.15) is 31.5 Å². The number of halogens is 2. The van der Waals surface area contributed by atoms with Gasteiger partial charge in [-0.1, -0.05) is 11.6 Å².